The molecular weight excluding hydrogens is 364 g/mol. The Morgan fingerprint density at radius 2 is 1.91 bits per heavy atom. The molecule has 0 aromatic heterocycles. The Bertz CT molecular complexity index is 677. The van der Waals surface area contributed by atoms with Gasteiger partial charge < -0.3 is 10.6 Å². The van der Waals surface area contributed by atoms with Crippen molar-refractivity contribution >= 4 is 45.0 Å². The van der Waals surface area contributed by atoms with Gasteiger partial charge in [-0.2, -0.15) is 0 Å². The third kappa shape index (κ3) is 3.45. The molecule has 22 heavy (non-hydrogen) atoms. The zero-order chi connectivity index (χ0) is 14.8. The standard InChI is InChI=1S/C17H19BrN2O.ClH/c18-15-7-6-12-9-14(5-4-13(12)10-15)17(21)20-8-2-1-3-16(20)11-19;/h4-7,9-10,16H,1-3,8,11,19H2;1H. The van der Waals surface area contributed by atoms with Crippen LogP contribution in [0, 0.1) is 0 Å². The summed E-state index contributed by atoms with van der Waals surface area (Å²) in [5.74, 6) is 0.106. The molecule has 2 N–H and O–H groups in total. The van der Waals surface area contributed by atoms with Gasteiger partial charge in [0.2, 0.25) is 0 Å². The van der Waals surface area contributed by atoms with Crippen LogP contribution >= 0.6 is 28.3 Å². The summed E-state index contributed by atoms with van der Waals surface area (Å²) in [4.78, 5) is 14.7. The molecule has 3 rings (SSSR count). The molecule has 2 aromatic rings. The Labute approximate surface area is 145 Å². The van der Waals surface area contributed by atoms with E-state index in [2.05, 4.69) is 22.0 Å². The molecule has 118 valence electrons. The van der Waals surface area contributed by atoms with Gasteiger partial charge in [0.15, 0.2) is 0 Å². The second-order valence-corrected chi connectivity index (χ2v) is 6.51. The molecule has 1 atom stereocenters. The number of likely N-dealkylation sites (tertiary alicyclic amines) is 1. The van der Waals surface area contributed by atoms with Crippen molar-refractivity contribution in [2.75, 3.05) is 13.1 Å². The first kappa shape index (κ1) is 17.3. The highest BCUT2D eigenvalue weighted by molar-refractivity contribution is 9.10. The van der Waals surface area contributed by atoms with Crippen LogP contribution in [0.25, 0.3) is 10.8 Å². The van der Waals surface area contributed by atoms with Gasteiger partial charge in [-0.1, -0.05) is 28.1 Å². The topological polar surface area (TPSA) is 46.3 Å². The third-order valence-electron chi connectivity index (χ3n) is 4.21. The maximum absolute atomic E-state index is 12.7. The number of halogens is 2. The number of nitrogens with zero attached hydrogens (tertiary/aromatic N) is 1. The number of carbonyl (C=O) groups is 1. The van der Waals surface area contributed by atoms with Crippen LogP contribution in [0.1, 0.15) is 29.6 Å². The summed E-state index contributed by atoms with van der Waals surface area (Å²) in [7, 11) is 0. The first-order chi connectivity index (χ1) is 10.2. The number of hydrogen-bond acceptors (Lipinski definition) is 2. The highest BCUT2D eigenvalue weighted by Crippen LogP contribution is 2.23. The lowest BCUT2D eigenvalue weighted by atomic mass is 10.00. The molecule has 5 heteroatoms. The zero-order valence-electron chi connectivity index (χ0n) is 12.3. The molecule has 1 heterocycles. The van der Waals surface area contributed by atoms with Crippen LogP contribution in [0.4, 0.5) is 0 Å². The number of nitrogens with two attached hydrogens (primary N) is 1. The Hall–Kier alpha value is -1.10. The predicted octanol–water partition coefficient (Wildman–Crippen LogP) is 3.98. The van der Waals surface area contributed by atoms with Gasteiger partial charge in [0.1, 0.15) is 0 Å². The van der Waals surface area contributed by atoms with Crippen LogP contribution < -0.4 is 5.73 Å². The molecule has 1 saturated heterocycles. The number of benzene rings is 2. The lowest BCUT2D eigenvalue weighted by Crippen LogP contribution is -2.47. The van der Waals surface area contributed by atoms with Crippen molar-refractivity contribution in [3.8, 4) is 0 Å². The Morgan fingerprint density at radius 3 is 2.68 bits per heavy atom. The summed E-state index contributed by atoms with van der Waals surface area (Å²) < 4.78 is 1.05. The second kappa shape index (κ2) is 7.44. The van der Waals surface area contributed by atoms with E-state index in [0.29, 0.717) is 6.54 Å². The number of hydrogen-bond donors (Lipinski definition) is 1. The first-order valence-corrected chi connectivity index (χ1v) is 8.18. The van der Waals surface area contributed by atoms with E-state index in [-0.39, 0.29) is 24.4 Å². The zero-order valence-corrected chi connectivity index (χ0v) is 14.7. The van der Waals surface area contributed by atoms with Gasteiger partial charge in [-0.25, -0.2) is 0 Å². The highest BCUT2D eigenvalue weighted by atomic mass is 79.9. The number of rotatable bonds is 2. The van der Waals surface area contributed by atoms with Gasteiger partial charge in [-0.05, 0) is 54.3 Å². The molecule has 0 aliphatic carbocycles. The fourth-order valence-corrected chi connectivity index (χ4v) is 3.41. The minimum absolute atomic E-state index is 0. The SMILES string of the molecule is Cl.NCC1CCCCN1C(=O)c1ccc2cc(Br)ccc2c1. The molecule has 2 aromatic carbocycles. The van der Waals surface area contributed by atoms with E-state index >= 15 is 0 Å². The van der Waals surface area contributed by atoms with Gasteiger partial charge in [-0.3, -0.25) is 4.79 Å². The van der Waals surface area contributed by atoms with Crippen molar-refractivity contribution in [1.29, 1.82) is 0 Å². The maximum atomic E-state index is 12.7. The van der Waals surface area contributed by atoms with Crippen molar-refractivity contribution < 1.29 is 4.79 Å². The van der Waals surface area contributed by atoms with Crippen molar-refractivity contribution in [3.05, 3.63) is 46.4 Å². The van der Waals surface area contributed by atoms with Crippen LogP contribution in [0.15, 0.2) is 40.9 Å². The van der Waals surface area contributed by atoms with Gasteiger partial charge in [0, 0.05) is 29.2 Å². The summed E-state index contributed by atoms with van der Waals surface area (Å²) >= 11 is 3.47. The van der Waals surface area contributed by atoms with E-state index in [1.807, 2.05) is 35.2 Å². The minimum atomic E-state index is 0. The average molecular weight is 384 g/mol. The van der Waals surface area contributed by atoms with Crippen LogP contribution in [0.3, 0.4) is 0 Å². The smallest absolute Gasteiger partial charge is 0.254 e. The summed E-state index contributed by atoms with van der Waals surface area (Å²) in [6, 6.07) is 12.2. The summed E-state index contributed by atoms with van der Waals surface area (Å²) in [6.07, 6.45) is 3.25. The molecule has 1 amide bonds. The number of amides is 1. The minimum Gasteiger partial charge on any atom is -0.334 e. The van der Waals surface area contributed by atoms with Crippen LogP contribution in [-0.2, 0) is 0 Å². The predicted molar refractivity (Wildman–Crippen MR) is 96.6 cm³/mol. The Morgan fingerprint density at radius 1 is 1.18 bits per heavy atom. The largest absolute Gasteiger partial charge is 0.334 e. The lowest BCUT2D eigenvalue weighted by Gasteiger charge is -2.35. The Kier molecular flexibility index (Phi) is 5.84. The van der Waals surface area contributed by atoms with Crippen molar-refractivity contribution in [1.82, 2.24) is 4.90 Å². The van der Waals surface area contributed by atoms with Crippen molar-refractivity contribution in [2.24, 2.45) is 5.73 Å². The van der Waals surface area contributed by atoms with E-state index in [4.69, 9.17) is 5.73 Å². The number of piperidine rings is 1. The van der Waals surface area contributed by atoms with E-state index < -0.39 is 0 Å². The van der Waals surface area contributed by atoms with Crippen LogP contribution in [0.5, 0.6) is 0 Å². The monoisotopic (exact) mass is 382 g/mol. The van der Waals surface area contributed by atoms with Gasteiger partial charge >= 0.3 is 0 Å². The van der Waals surface area contributed by atoms with Crippen molar-refractivity contribution in [2.45, 2.75) is 25.3 Å². The van der Waals surface area contributed by atoms with E-state index in [0.717, 1.165) is 46.6 Å². The van der Waals surface area contributed by atoms with E-state index in [1.165, 1.54) is 0 Å². The molecular formula is C17H20BrClN2O. The quantitative estimate of drug-likeness (QED) is 0.852. The normalized spacial score (nSPS) is 18.1. The first-order valence-electron chi connectivity index (χ1n) is 7.39. The third-order valence-corrected chi connectivity index (χ3v) is 4.70. The van der Waals surface area contributed by atoms with Gasteiger partial charge in [0.25, 0.3) is 5.91 Å². The average Bonchev–Trinajstić information content (AvgIpc) is 2.53. The van der Waals surface area contributed by atoms with E-state index in [9.17, 15) is 4.79 Å². The van der Waals surface area contributed by atoms with Crippen LogP contribution in [0.2, 0.25) is 0 Å². The lowest BCUT2D eigenvalue weighted by molar-refractivity contribution is 0.0623. The summed E-state index contributed by atoms with van der Waals surface area (Å²) in [6.45, 7) is 1.37. The van der Waals surface area contributed by atoms with E-state index in [1.54, 1.807) is 0 Å². The molecule has 0 radical (unpaired) electrons. The molecule has 0 spiro atoms. The highest BCUT2D eigenvalue weighted by Gasteiger charge is 2.26. The summed E-state index contributed by atoms with van der Waals surface area (Å²) in [5, 5.41) is 2.22. The number of carbonyl (C=O) groups excluding carboxylic acids is 1. The fourth-order valence-electron chi connectivity index (χ4n) is 3.03. The molecule has 1 fully saturated rings. The molecule has 1 unspecified atom stereocenters. The Balaban J connectivity index is 0.00000176. The molecule has 1 aliphatic heterocycles. The van der Waals surface area contributed by atoms with Gasteiger partial charge in [-0.15, -0.1) is 12.4 Å². The summed E-state index contributed by atoms with van der Waals surface area (Å²) in [5.41, 5.74) is 6.57. The molecule has 0 saturated carbocycles. The maximum Gasteiger partial charge on any atom is 0.254 e. The fraction of sp³-hybridized carbons (Fsp3) is 0.353. The second-order valence-electron chi connectivity index (χ2n) is 5.59. The van der Waals surface area contributed by atoms with Crippen LogP contribution in [-0.4, -0.2) is 29.9 Å². The van der Waals surface area contributed by atoms with Crippen molar-refractivity contribution in [3.63, 3.8) is 0 Å². The molecule has 0 bridgehead atoms. The molecule has 1 aliphatic rings. The molecule has 3 nitrogen and oxygen atoms in total. The number of fused-ring (bicyclic) bond motifs is 1. The van der Waals surface area contributed by atoms with Gasteiger partial charge in [0.05, 0.1) is 0 Å².